The molecular formula is C14H13N3O4. The average molecular weight is 287 g/mol. The van der Waals surface area contributed by atoms with Gasteiger partial charge in [-0.05, 0) is 17.7 Å². The van der Waals surface area contributed by atoms with Gasteiger partial charge in [-0.25, -0.2) is 0 Å². The molecule has 1 atom stereocenters. The van der Waals surface area contributed by atoms with E-state index >= 15 is 0 Å². The highest BCUT2D eigenvalue weighted by Gasteiger charge is 2.37. The van der Waals surface area contributed by atoms with Crippen LogP contribution in [-0.4, -0.2) is 41.6 Å². The number of fused-ring (bicyclic) bond motifs is 1. The molecule has 2 N–H and O–H groups in total. The van der Waals surface area contributed by atoms with Crippen molar-refractivity contribution in [1.29, 1.82) is 0 Å². The van der Waals surface area contributed by atoms with E-state index < -0.39 is 17.9 Å². The molecule has 1 aromatic rings. The van der Waals surface area contributed by atoms with Crippen molar-refractivity contribution in [2.75, 3.05) is 12.4 Å². The van der Waals surface area contributed by atoms with Crippen LogP contribution >= 0.6 is 0 Å². The van der Waals surface area contributed by atoms with E-state index in [-0.39, 0.29) is 18.2 Å². The van der Waals surface area contributed by atoms with E-state index in [2.05, 4.69) is 10.6 Å². The number of benzene rings is 1. The van der Waals surface area contributed by atoms with Crippen molar-refractivity contribution in [1.82, 2.24) is 10.2 Å². The monoisotopic (exact) mass is 287 g/mol. The van der Waals surface area contributed by atoms with Gasteiger partial charge >= 0.3 is 0 Å². The number of likely N-dealkylation sites (tertiary alicyclic amines) is 1. The molecule has 2 aliphatic rings. The third-order valence-electron chi connectivity index (χ3n) is 3.68. The van der Waals surface area contributed by atoms with E-state index in [1.54, 1.807) is 18.2 Å². The highest BCUT2D eigenvalue weighted by Crippen LogP contribution is 2.24. The molecule has 2 heterocycles. The van der Waals surface area contributed by atoms with Gasteiger partial charge in [0.05, 0.1) is 12.8 Å². The predicted molar refractivity (Wildman–Crippen MR) is 72.4 cm³/mol. The van der Waals surface area contributed by atoms with Gasteiger partial charge in [0.15, 0.2) is 0 Å². The van der Waals surface area contributed by atoms with Crippen LogP contribution in [0, 0.1) is 0 Å². The van der Waals surface area contributed by atoms with Gasteiger partial charge in [-0.3, -0.25) is 24.1 Å². The summed E-state index contributed by atoms with van der Waals surface area (Å²) in [6, 6.07) is 4.05. The Labute approximate surface area is 120 Å². The highest BCUT2D eigenvalue weighted by molar-refractivity contribution is 6.08. The van der Waals surface area contributed by atoms with Gasteiger partial charge in [-0.1, -0.05) is 6.07 Å². The highest BCUT2D eigenvalue weighted by atomic mass is 16.2. The molecular weight excluding hydrogens is 274 g/mol. The van der Waals surface area contributed by atoms with Crippen LogP contribution in [0.4, 0.5) is 5.69 Å². The first kappa shape index (κ1) is 13.3. The van der Waals surface area contributed by atoms with Crippen molar-refractivity contribution in [3.63, 3.8) is 0 Å². The Balaban J connectivity index is 1.75. The van der Waals surface area contributed by atoms with Gasteiger partial charge in [0.25, 0.3) is 11.8 Å². The minimum absolute atomic E-state index is 0.0250. The first-order valence-electron chi connectivity index (χ1n) is 6.50. The topological polar surface area (TPSA) is 95.6 Å². The Bertz CT molecular complexity index is 683. The molecule has 3 rings (SSSR count). The molecule has 0 spiro atoms. The van der Waals surface area contributed by atoms with Gasteiger partial charge in [0.1, 0.15) is 6.04 Å². The molecule has 108 valence electrons. The van der Waals surface area contributed by atoms with Gasteiger partial charge in [-0.15, -0.1) is 0 Å². The lowest BCUT2D eigenvalue weighted by molar-refractivity contribution is -0.137. The summed E-state index contributed by atoms with van der Waals surface area (Å²) in [4.78, 5) is 47.6. The third kappa shape index (κ3) is 2.26. The summed E-state index contributed by atoms with van der Waals surface area (Å²) in [6.07, 6.45) is 0.278. The zero-order valence-corrected chi connectivity index (χ0v) is 11.3. The first-order valence-corrected chi connectivity index (χ1v) is 6.50. The molecule has 2 aliphatic heterocycles. The Morgan fingerprint density at radius 1 is 1.33 bits per heavy atom. The van der Waals surface area contributed by atoms with E-state index in [0.717, 1.165) is 10.5 Å². The van der Waals surface area contributed by atoms with Crippen LogP contribution in [0.25, 0.3) is 0 Å². The third-order valence-corrected chi connectivity index (χ3v) is 3.68. The van der Waals surface area contributed by atoms with Gasteiger partial charge in [0, 0.05) is 18.3 Å². The van der Waals surface area contributed by atoms with Crippen molar-refractivity contribution in [3.05, 3.63) is 29.3 Å². The number of anilines is 1. The number of carbonyl (C=O) groups is 4. The second-order valence-corrected chi connectivity index (χ2v) is 5.12. The number of nitrogens with zero attached hydrogens (tertiary/aromatic N) is 1. The van der Waals surface area contributed by atoms with E-state index in [1.165, 1.54) is 7.05 Å². The summed E-state index contributed by atoms with van der Waals surface area (Å²) >= 11 is 0. The molecule has 0 aromatic heterocycles. The molecule has 1 saturated heterocycles. The van der Waals surface area contributed by atoms with Crippen LogP contribution in [-0.2, 0) is 20.8 Å². The van der Waals surface area contributed by atoms with Crippen LogP contribution in [0.15, 0.2) is 18.2 Å². The Kier molecular flexibility index (Phi) is 2.97. The van der Waals surface area contributed by atoms with E-state index in [1.807, 2.05) is 0 Å². The predicted octanol–water partition coefficient (Wildman–Crippen LogP) is -0.332. The summed E-state index contributed by atoms with van der Waals surface area (Å²) in [6.45, 7) is 0. The molecule has 0 radical (unpaired) electrons. The lowest BCUT2D eigenvalue weighted by Gasteiger charge is -2.11. The number of imide groups is 1. The van der Waals surface area contributed by atoms with Crippen molar-refractivity contribution in [2.24, 2.45) is 0 Å². The maximum absolute atomic E-state index is 12.1. The van der Waals surface area contributed by atoms with Gasteiger partial charge in [0.2, 0.25) is 11.8 Å². The molecule has 21 heavy (non-hydrogen) atoms. The van der Waals surface area contributed by atoms with Crippen LogP contribution < -0.4 is 10.6 Å². The molecule has 1 fully saturated rings. The first-order chi connectivity index (χ1) is 9.95. The Morgan fingerprint density at radius 2 is 2.10 bits per heavy atom. The number of hydrogen-bond acceptors (Lipinski definition) is 4. The smallest absolute Gasteiger partial charge is 0.252 e. The maximum atomic E-state index is 12.1. The molecule has 0 saturated carbocycles. The van der Waals surface area contributed by atoms with Crippen molar-refractivity contribution in [2.45, 2.75) is 18.9 Å². The fourth-order valence-electron chi connectivity index (χ4n) is 2.47. The van der Waals surface area contributed by atoms with Crippen molar-refractivity contribution < 1.29 is 19.2 Å². The summed E-state index contributed by atoms with van der Waals surface area (Å²) in [7, 11) is 1.39. The van der Waals surface area contributed by atoms with Crippen molar-refractivity contribution in [3.8, 4) is 0 Å². The van der Waals surface area contributed by atoms with Crippen LogP contribution in [0.1, 0.15) is 22.3 Å². The van der Waals surface area contributed by atoms with E-state index in [0.29, 0.717) is 17.7 Å². The lowest BCUT2D eigenvalue weighted by atomic mass is 10.1. The zero-order valence-electron chi connectivity index (χ0n) is 11.3. The second kappa shape index (κ2) is 4.69. The average Bonchev–Trinajstić information content (AvgIpc) is 2.93. The van der Waals surface area contributed by atoms with E-state index in [4.69, 9.17) is 0 Å². The van der Waals surface area contributed by atoms with Crippen molar-refractivity contribution >= 4 is 29.3 Å². The number of carbonyl (C=O) groups excluding carboxylic acids is 4. The van der Waals surface area contributed by atoms with Gasteiger partial charge in [-0.2, -0.15) is 0 Å². The Morgan fingerprint density at radius 3 is 2.76 bits per heavy atom. The number of amides is 4. The summed E-state index contributed by atoms with van der Waals surface area (Å²) in [5.41, 5.74) is 1.78. The zero-order chi connectivity index (χ0) is 15.1. The van der Waals surface area contributed by atoms with Crippen LogP contribution in [0.5, 0.6) is 0 Å². The Hall–Kier alpha value is -2.70. The minimum atomic E-state index is -0.821. The number of hydrogen-bond donors (Lipinski definition) is 2. The standard InChI is InChI=1S/C14H13N3O4/c1-17-12(19)6-10(14(17)21)16-13(20)8-3-2-7-5-11(18)15-9(7)4-8/h2-4,10H,5-6H2,1H3,(H,15,18)(H,16,20). The van der Waals surface area contributed by atoms with E-state index in [9.17, 15) is 19.2 Å². The second-order valence-electron chi connectivity index (χ2n) is 5.12. The summed E-state index contributed by atoms with van der Waals surface area (Å²) in [5, 5.41) is 5.21. The quantitative estimate of drug-likeness (QED) is 0.728. The molecule has 7 nitrogen and oxygen atoms in total. The molecule has 1 unspecified atom stereocenters. The molecule has 0 bridgehead atoms. The van der Waals surface area contributed by atoms with Crippen LogP contribution in [0.3, 0.4) is 0 Å². The van der Waals surface area contributed by atoms with Crippen LogP contribution in [0.2, 0.25) is 0 Å². The maximum Gasteiger partial charge on any atom is 0.252 e. The largest absolute Gasteiger partial charge is 0.340 e. The SMILES string of the molecule is CN1C(=O)CC(NC(=O)c2ccc3c(c2)NC(=O)C3)C1=O. The fourth-order valence-corrected chi connectivity index (χ4v) is 2.47. The molecule has 4 amide bonds. The van der Waals surface area contributed by atoms with Gasteiger partial charge < -0.3 is 10.6 Å². The minimum Gasteiger partial charge on any atom is -0.340 e. The number of rotatable bonds is 2. The summed E-state index contributed by atoms with van der Waals surface area (Å²) in [5.74, 6) is -1.28. The summed E-state index contributed by atoms with van der Waals surface area (Å²) < 4.78 is 0. The number of nitrogens with one attached hydrogen (secondary N) is 2. The lowest BCUT2D eigenvalue weighted by Crippen LogP contribution is -2.40. The normalized spacial score (nSPS) is 20.5. The molecule has 7 heteroatoms. The number of likely N-dealkylation sites (N-methyl/N-ethyl adjacent to an activating group) is 1. The fraction of sp³-hybridized carbons (Fsp3) is 0.286. The molecule has 0 aliphatic carbocycles. The molecule has 1 aromatic carbocycles.